The van der Waals surface area contributed by atoms with Crippen LogP contribution in [-0.4, -0.2) is 0 Å². The molecule has 0 aliphatic carbocycles. The summed E-state index contributed by atoms with van der Waals surface area (Å²) in [5.74, 6) is 0. The van der Waals surface area contributed by atoms with Crippen molar-refractivity contribution in [2.75, 3.05) is 0 Å². The maximum Gasteiger partial charge on any atom is 0.200 e. The Hall–Kier alpha value is -1.87. The first-order valence-corrected chi connectivity index (χ1v) is 7.63. The van der Waals surface area contributed by atoms with Gasteiger partial charge in [0.05, 0.1) is 10.8 Å². The average molecular weight is 343 g/mol. The van der Waals surface area contributed by atoms with Gasteiger partial charge in [-0.05, 0) is 50.1 Å². The normalized spacial score (nSPS) is 11.0. The van der Waals surface area contributed by atoms with Crippen molar-refractivity contribution in [3.05, 3.63) is 68.3 Å². The van der Waals surface area contributed by atoms with Crippen LogP contribution in [-0.2, 0) is 6.42 Å². The molecule has 0 bridgehead atoms. The maximum absolute atomic E-state index is 12.8. The first-order valence-electron chi connectivity index (χ1n) is 6.84. The van der Waals surface area contributed by atoms with Crippen LogP contribution in [0.4, 0.5) is 0 Å². The molecule has 0 radical (unpaired) electrons. The molecule has 0 saturated heterocycles. The van der Waals surface area contributed by atoms with E-state index in [4.69, 9.17) is 4.42 Å². The number of halogens is 1. The number of hydrogen-bond acceptors (Lipinski definition) is 2. The Morgan fingerprint density at radius 3 is 2.67 bits per heavy atom. The lowest BCUT2D eigenvalue weighted by molar-refractivity contribution is 0.659. The minimum absolute atomic E-state index is 0.0327. The Kier molecular flexibility index (Phi) is 3.68. The summed E-state index contributed by atoms with van der Waals surface area (Å²) >= 11 is 3.56. The van der Waals surface area contributed by atoms with Crippen molar-refractivity contribution < 1.29 is 4.42 Å². The zero-order valence-corrected chi connectivity index (χ0v) is 13.5. The minimum Gasteiger partial charge on any atom is -0.456 e. The highest BCUT2D eigenvalue weighted by atomic mass is 79.9. The van der Waals surface area contributed by atoms with Gasteiger partial charge in [-0.15, -0.1) is 0 Å². The third-order valence-electron chi connectivity index (χ3n) is 3.51. The molecule has 0 unspecified atom stereocenters. The van der Waals surface area contributed by atoms with E-state index in [-0.39, 0.29) is 5.43 Å². The van der Waals surface area contributed by atoms with Gasteiger partial charge in [0, 0.05) is 4.47 Å². The minimum atomic E-state index is 0.0327. The third-order valence-corrected chi connectivity index (χ3v) is 4.25. The number of rotatable bonds is 2. The first-order chi connectivity index (χ1) is 10.1. The number of hydrogen-bond donors (Lipinski definition) is 0. The van der Waals surface area contributed by atoms with E-state index in [9.17, 15) is 4.79 Å². The van der Waals surface area contributed by atoms with Crippen LogP contribution in [0.25, 0.3) is 21.9 Å². The van der Waals surface area contributed by atoms with Crippen molar-refractivity contribution in [3.63, 3.8) is 0 Å². The van der Waals surface area contributed by atoms with E-state index in [0.29, 0.717) is 28.4 Å². The van der Waals surface area contributed by atoms with E-state index >= 15 is 0 Å². The van der Waals surface area contributed by atoms with Gasteiger partial charge in [-0.25, -0.2) is 0 Å². The summed E-state index contributed by atoms with van der Waals surface area (Å²) in [7, 11) is 0. The summed E-state index contributed by atoms with van der Waals surface area (Å²) in [6, 6.07) is 11.2. The van der Waals surface area contributed by atoms with E-state index < -0.39 is 0 Å². The Labute approximate surface area is 131 Å². The van der Waals surface area contributed by atoms with Gasteiger partial charge in [-0.2, -0.15) is 0 Å². The van der Waals surface area contributed by atoms with Gasteiger partial charge in [0.2, 0.25) is 5.43 Å². The largest absolute Gasteiger partial charge is 0.456 e. The van der Waals surface area contributed by atoms with E-state index in [1.807, 2.05) is 36.4 Å². The highest BCUT2D eigenvalue weighted by Crippen LogP contribution is 2.28. The molecule has 1 heterocycles. The standard InChI is InChI=1S/C18H15BrO2/c1-11(2)7-8-12-14(19)9-10-16-17(12)18(20)13-5-3-4-6-15(13)21-16/h3-7,9-10H,8H2,1-2H3. The molecule has 0 amide bonds. The van der Waals surface area contributed by atoms with Crippen molar-refractivity contribution in [2.45, 2.75) is 20.3 Å². The summed E-state index contributed by atoms with van der Waals surface area (Å²) in [5, 5.41) is 1.29. The topological polar surface area (TPSA) is 30.2 Å². The van der Waals surface area contributed by atoms with Crippen LogP contribution < -0.4 is 5.43 Å². The van der Waals surface area contributed by atoms with Crippen molar-refractivity contribution in [2.24, 2.45) is 0 Å². The second-order valence-corrected chi connectivity index (χ2v) is 6.17. The Bertz CT molecular complexity index is 916. The molecule has 3 heteroatoms. The lowest BCUT2D eigenvalue weighted by Gasteiger charge is -2.08. The summed E-state index contributed by atoms with van der Waals surface area (Å²) in [4.78, 5) is 12.8. The molecule has 3 rings (SSSR count). The van der Waals surface area contributed by atoms with Crippen molar-refractivity contribution >= 4 is 37.9 Å². The Morgan fingerprint density at radius 1 is 1.14 bits per heavy atom. The smallest absolute Gasteiger partial charge is 0.200 e. The fraction of sp³-hybridized carbons (Fsp3) is 0.167. The van der Waals surface area contributed by atoms with Crippen molar-refractivity contribution in [1.29, 1.82) is 0 Å². The van der Waals surface area contributed by atoms with Crippen LogP contribution in [0.1, 0.15) is 19.4 Å². The molecular formula is C18H15BrO2. The summed E-state index contributed by atoms with van der Waals surface area (Å²) in [5.41, 5.74) is 3.51. The summed E-state index contributed by atoms with van der Waals surface area (Å²) in [6.07, 6.45) is 2.83. The third kappa shape index (κ3) is 2.54. The van der Waals surface area contributed by atoms with Gasteiger partial charge in [-0.3, -0.25) is 4.79 Å². The van der Waals surface area contributed by atoms with Gasteiger partial charge in [-0.1, -0.05) is 39.7 Å². The maximum atomic E-state index is 12.8. The molecule has 2 nitrogen and oxygen atoms in total. The van der Waals surface area contributed by atoms with Crippen molar-refractivity contribution in [1.82, 2.24) is 0 Å². The van der Waals surface area contributed by atoms with Crippen LogP contribution in [0.15, 0.2) is 61.7 Å². The predicted octanol–water partition coefficient (Wildman–Crippen LogP) is 5.22. The zero-order valence-electron chi connectivity index (χ0n) is 11.9. The fourth-order valence-electron chi connectivity index (χ4n) is 2.44. The number of allylic oxidation sites excluding steroid dienone is 2. The molecule has 0 spiro atoms. The average Bonchev–Trinajstić information content (AvgIpc) is 2.47. The monoisotopic (exact) mass is 342 g/mol. The van der Waals surface area contributed by atoms with Gasteiger partial charge in [0.1, 0.15) is 11.2 Å². The van der Waals surface area contributed by atoms with Crippen LogP contribution in [0.3, 0.4) is 0 Å². The quantitative estimate of drug-likeness (QED) is 0.472. The molecule has 0 aliphatic rings. The van der Waals surface area contributed by atoms with E-state index in [0.717, 1.165) is 10.0 Å². The lowest BCUT2D eigenvalue weighted by atomic mass is 10.0. The highest BCUT2D eigenvalue weighted by Gasteiger charge is 2.13. The number of benzene rings is 2. The number of para-hydroxylation sites is 1. The van der Waals surface area contributed by atoms with E-state index in [1.165, 1.54) is 5.57 Å². The van der Waals surface area contributed by atoms with E-state index in [1.54, 1.807) is 0 Å². The Morgan fingerprint density at radius 2 is 1.90 bits per heavy atom. The van der Waals surface area contributed by atoms with Crippen LogP contribution in [0, 0.1) is 0 Å². The SMILES string of the molecule is CC(C)=CCc1c(Br)ccc2oc3ccccc3c(=O)c12. The van der Waals surface area contributed by atoms with Gasteiger partial charge in [0.15, 0.2) is 0 Å². The lowest BCUT2D eigenvalue weighted by Crippen LogP contribution is -2.05. The van der Waals surface area contributed by atoms with Crippen LogP contribution >= 0.6 is 15.9 Å². The van der Waals surface area contributed by atoms with Crippen molar-refractivity contribution in [3.8, 4) is 0 Å². The molecule has 0 saturated carbocycles. The molecule has 21 heavy (non-hydrogen) atoms. The Balaban J connectivity index is 2.41. The molecule has 0 fully saturated rings. The van der Waals surface area contributed by atoms with Gasteiger partial charge >= 0.3 is 0 Å². The molecule has 2 aromatic carbocycles. The van der Waals surface area contributed by atoms with Gasteiger partial charge < -0.3 is 4.42 Å². The molecule has 1 aromatic heterocycles. The zero-order chi connectivity index (χ0) is 15.0. The van der Waals surface area contributed by atoms with Crippen LogP contribution in [0.5, 0.6) is 0 Å². The summed E-state index contributed by atoms with van der Waals surface area (Å²) in [6.45, 7) is 4.10. The molecule has 0 atom stereocenters. The van der Waals surface area contributed by atoms with Gasteiger partial charge in [0.25, 0.3) is 0 Å². The highest BCUT2D eigenvalue weighted by molar-refractivity contribution is 9.10. The molecule has 3 aromatic rings. The summed E-state index contributed by atoms with van der Waals surface area (Å²) < 4.78 is 6.83. The van der Waals surface area contributed by atoms with E-state index in [2.05, 4.69) is 35.9 Å². The predicted molar refractivity (Wildman–Crippen MR) is 90.8 cm³/mol. The second-order valence-electron chi connectivity index (χ2n) is 5.31. The first kappa shape index (κ1) is 14.1. The molecule has 0 aliphatic heterocycles. The number of fused-ring (bicyclic) bond motifs is 2. The van der Waals surface area contributed by atoms with Crippen LogP contribution in [0.2, 0.25) is 0 Å². The molecule has 106 valence electrons. The second kappa shape index (κ2) is 5.49. The molecule has 0 N–H and O–H groups in total. The fourth-order valence-corrected chi connectivity index (χ4v) is 2.93. The molecular weight excluding hydrogens is 328 g/mol.